The Kier molecular flexibility index (Phi) is 2.00. The molecule has 1 atom stereocenters. The summed E-state index contributed by atoms with van der Waals surface area (Å²) in [6, 6.07) is 3.44. The van der Waals surface area contributed by atoms with E-state index in [0.29, 0.717) is 17.1 Å². The molecule has 5 nitrogen and oxygen atoms in total. The van der Waals surface area contributed by atoms with Crippen LogP contribution in [0.25, 0.3) is 0 Å². The maximum atomic E-state index is 12.4. The van der Waals surface area contributed by atoms with Crippen molar-refractivity contribution in [2.24, 2.45) is 10.9 Å². The van der Waals surface area contributed by atoms with Gasteiger partial charge < -0.3 is 0 Å². The summed E-state index contributed by atoms with van der Waals surface area (Å²) in [7, 11) is 0. The number of amidine groups is 1. The SMILES string of the molecule is CC(C)C1(C)C(=O)N=C2c3ncccc3C(=O)N21. The normalized spacial score (nSPS) is 25.6. The lowest BCUT2D eigenvalue weighted by Crippen LogP contribution is -2.53. The van der Waals surface area contributed by atoms with Crippen molar-refractivity contribution in [3.63, 3.8) is 0 Å². The van der Waals surface area contributed by atoms with E-state index < -0.39 is 5.54 Å². The number of hydrogen-bond donors (Lipinski definition) is 0. The van der Waals surface area contributed by atoms with Gasteiger partial charge in [-0.25, -0.2) is 0 Å². The molecule has 2 amide bonds. The Morgan fingerprint density at radius 3 is 2.72 bits per heavy atom. The van der Waals surface area contributed by atoms with Gasteiger partial charge in [0.2, 0.25) is 0 Å². The number of carbonyl (C=O) groups is 2. The van der Waals surface area contributed by atoms with Crippen LogP contribution in [0.3, 0.4) is 0 Å². The van der Waals surface area contributed by atoms with Crippen molar-refractivity contribution in [3.8, 4) is 0 Å². The number of pyridine rings is 1. The lowest BCUT2D eigenvalue weighted by atomic mass is 9.87. The Labute approximate surface area is 105 Å². The molecule has 0 spiro atoms. The van der Waals surface area contributed by atoms with Gasteiger partial charge in [-0.15, -0.1) is 0 Å². The molecule has 18 heavy (non-hydrogen) atoms. The number of aromatic nitrogens is 1. The number of hydrogen-bond acceptors (Lipinski definition) is 3. The highest BCUT2D eigenvalue weighted by Crippen LogP contribution is 2.38. The summed E-state index contributed by atoms with van der Waals surface area (Å²) in [4.78, 5) is 34.2. The van der Waals surface area contributed by atoms with Crippen LogP contribution in [-0.4, -0.2) is 33.1 Å². The molecule has 0 saturated heterocycles. The highest BCUT2D eigenvalue weighted by molar-refractivity contribution is 6.29. The smallest absolute Gasteiger partial charge is 0.274 e. The molecular weight excluding hydrogens is 230 g/mol. The van der Waals surface area contributed by atoms with Crippen molar-refractivity contribution >= 4 is 17.6 Å². The molecule has 0 aromatic carbocycles. The van der Waals surface area contributed by atoms with Gasteiger partial charge in [-0.3, -0.25) is 19.5 Å². The molecule has 1 aromatic heterocycles. The van der Waals surface area contributed by atoms with Crippen LogP contribution in [0.2, 0.25) is 0 Å². The zero-order valence-electron chi connectivity index (χ0n) is 10.5. The quantitative estimate of drug-likeness (QED) is 0.745. The summed E-state index contributed by atoms with van der Waals surface area (Å²) in [6.07, 6.45) is 1.60. The summed E-state index contributed by atoms with van der Waals surface area (Å²) in [5.74, 6) is -0.0580. The van der Waals surface area contributed by atoms with Crippen LogP contribution in [0.4, 0.5) is 0 Å². The van der Waals surface area contributed by atoms with E-state index in [4.69, 9.17) is 0 Å². The molecule has 0 bridgehead atoms. The first kappa shape index (κ1) is 11.1. The zero-order valence-corrected chi connectivity index (χ0v) is 10.5. The molecule has 3 rings (SSSR count). The van der Waals surface area contributed by atoms with E-state index in [9.17, 15) is 9.59 Å². The standard InChI is InChI=1S/C13H13N3O2/c1-7(2)13(3)12(18)15-10-9-8(5-4-6-14-9)11(17)16(10)13/h4-7H,1-3H3. The van der Waals surface area contributed by atoms with Crippen LogP contribution in [-0.2, 0) is 4.79 Å². The first-order valence-electron chi connectivity index (χ1n) is 5.91. The summed E-state index contributed by atoms with van der Waals surface area (Å²) < 4.78 is 0. The van der Waals surface area contributed by atoms with Crippen molar-refractivity contribution in [2.75, 3.05) is 0 Å². The molecule has 5 heteroatoms. The minimum Gasteiger partial charge on any atom is -0.275 e. The van der Waals surface area contributed by atoms with E-state index in [1.165, 1.54) is 4.90 Å². The number of rotatable bonds is 1. The van der Waals surface area contributed by atoms with Gasteiger partial charge in [-0.05, 0) is 25.0 Å². The molecule has 2 aliphatic rings. The molecule has 1 aromatic rings. The third kappa shape index (κ3) is 1.06. The third-order valence-electron chi connectivity index (χ3n) is 3.89. The minimum absolute atomic E-state index is 0.00971. The van der Waals surface area contributed by atoms with Crippen molar-refractivity contribution < 1.29 is 9.59 Å². The van der Waals surface area contributed by atoms with Crippen molar-refractivity contribution in [2.45, 2.75) is 26.3 Å². The van der Waals surface area contributed by atoms with Crippen molar-refractivity contribution in [1.82, 2.24) is 9.88 Å². The fourth-order valence-electron chi connectivity index (χ4n) is 2.42. The number of carbonyl (C=O) groups excluding carboxylic acids is 2. The Hall–Kier alpha value is -2.04. The van der Waals surface area contributed by atoms with Crippen LogP contribution in [0.5, 0.6) is 0 Å². The van der Waals surface area contributed by atoms with Crippen molar-refractivity contribution in [1.29, 1.82) is 0 Å². The van der Waals surface area contributed by atoms with Gasteiger partial charge in [0.25, 0.3) is 11.8 Å². The van der Waals surface area contributed by atoms with Crippen LogP contribution in [0.1, 0.15) is 36.8 Å². The van der Waals surface area contributed by atoms with Gasteiger partial charge in [0.05, 0.1) is 5.56 Å². The number of aliphatic imine (C=N–C) groups is 1. The molecule has 92 valence electrons. The van der Waals surface area contributed by atoms with Gasteiger partial charge in [-0.2, -0.15) is 4.99 Å². The van der Waals surface area contributed by atoms with Gasteiger partial charge in [-0.1, -0.05) is 13.8 Å². The number of amides is 2. The first-order valence-corrected chi connectivity index (χ1v) is 5.91. The molecular formula is C13H13N3O2. The van der Waals surface area contributed by atoms with Crippen molar-refractivity contribution in [3.05, 3.63) is 29.6 Å². The molecule has 0 saturated carbocycles. The van der Waals surface area contributed by atoms with Crippen LogP contribution < -0.4 is 0 Å². The largest absolute Gasteiger partial charge is 0.275 e. The fourth-order valence-corrected chi connectivity index (χ4v) is 2.42. The second kappa shape index (κ2) is 3.25. The van der Waals surface area contributed by atoms with Gasteiger partial charge in [0.1, 0.15) is 11.2 Å². The monoisotopic (exact) mass is 243 g/mol. The van der Waals surface area contributed by atoms with Gasteiger partial charge in [0.15, 0.2) is 5.84 Å². The Bertz CT molecular complexity index is 606. The van der Waals surface area contributed by atoms with E-state index in [1.54, 1.807) is 25.3 Å². The molecule has 1 unspecified atom stereocenters. The predicted octanol–water partition coefficient (Wildman–Crippen LogP) is 1.24. The molecule has 0 radical (unpaired) electrons. The summed E-state index contributed by atoms with van der Waals surface area (Å²) in [5.41, 5.74) is 0.142. The van der Waals surface area contributed by atoms with Crippen LogP contribution in [0.15, 0.2) is 23.3 Å². The number of nitrogens with zero attached hydrogens (tertiary/aromatic N) is 3. The second-order valence-electron chi connectivity index (χ2n) is 5.08. The zero-order chi connectivity index (χ0) is 13.1. The predicted molar refractivity (Wildman–Crippen MR) is 65.2 cm³/mol. The lowest BCUT2D eigenvalue weighted by Gasteiger charge is -2.34. The molecule has 0 fully saturated rings. The lowest BCUT2D eigenvalue weighted by molar-refractivity contribution is -0.126. The van der Waals surface area contributed by atoms with Crippen LogP contribution in [0, 0.1) is 5.92 Å². The molecule has 0 aliphatic carbocycles. The highest BCUT2D eigenvalue weighted by atomic mass is 16.2. The van der Waals surface area contributed by atoms with E-state index in [2.05, 4.69) is 9.98 Å². The average Bonchev–Trinajstić information content (AvgIpc) is 2.77. The van der Waals surface area contributed by atoms with E-state index in [1.807, 2.05) is 13.8 Å². The van der Waals surface area contributed by atoms with E-state index in [-0.39, 0.29) is 17.7 Å². The molecule has 2 aliphatic heterocycles. The molecule has 3 heterocycles. The fraction of sp³-hybridized carbons (Fsp3) is 0.385. The second-order valence-corrected chi connectivity index (χ2v) is 5.08. The Morgan fingerprint density at radius 1 is 1.33 bits per heavy atom. The first-order chi connectivity index (χ1) is 8.48. The van der Waals surface area contributed by atoms with Crippen LogP contribution >= 0.6 is 0 Å². The third-order valence-corrected chi connectivity index (χ3v) is 3.89. The molecule has 0 N–H and O–H groups in total. The maximum absolute atomic E-state index is 12.4. The van der Waals surface area contributed by atoms with Gasteiger partial charge in [0, 0.05) is 6.20 Å². The summed E-state index contributed by atoms with van der Waals surface area (Å²) >= 11 is 0. The van der Waals surface area contributed by atoms with E-state index in [0.717, 1.165) is 0 Å². The highest BCUT2D eigenvalue weighted by Gasteiger charge is 2.56. The Balaban J connectivity index is 2.23. The summed E-state index contributed by atoms with van der Waals surface area (Å²) in [5, 5.41) is 0. The van der Waals surface area contributed by atoms with Gasteiger partial charge >= 0.3 is 0 Å². The number of fused-ring (bicyclic) bond motifs is 3. The topological polar surface area (TPSA) is 62.6 Å². The Morgan fingerprint density at radius 2 is 2.06 bits per heavy atom. The average molecular weight is 243 g/mol. The van der Waals surface area contributed by atoms with E-state index >= 15 is 0 Å². The summed E-state index contributed by atoms with van der Waals surface area (Å²) in [6.45, 7) is 5.60. The maximum Gasteiger partial charge on any atom is 0.274 e. The minimum atomic E-state index is -0.896.